The number of halogens is 1. The van der Waals surface area contributed by atoms with Crippen LogP contribution in [0.15, 0.2) is 52.0 Å². The highest BCUT2D eigenvalue weighted by Crippen LogP contribution is 2.28. The number of aryl methyl sites for hydroxylation is 1. The molecule has 0 saturated heterocycles. The Hall–Kier alpha value is -1.73. The van der Waals surface area contributed by atoms with E-state index in [1.54, 1.807) is 30.3 Å². The molecule has 0 aliphatic heterocycles. The second-order valence-electron chi connectivity index (χ2n) is 5.62. The van der Waals surface area contributed by atoms with Crippen LogP contribution in [0, 0.1) is 0 Å². The van der Waals surface area contributed by atoms with Crippen molar-refractivity contribution in [3.63, 3.8) is 0 Å². The van der Waals surface area contributed by atoms with Gasteiger partial charge >= 0.3 is 0 Å². The van der Waals surface area contributed by atoms with Gasteiger partial charge in [-0.05, 0) is 47.0 Å². The molecule has 0 radical (unpaired) electrons. The van der Waals surface area contributed by atoms with Crippen LogP contribution < -0.4 is 0 Å². The van der Waals surface area contributed by atoms with Crippen LogP contribution in [0.25, 0.3) is 11.0 Å². The number of benzene rings is 1. The predicted octanol–water partition coefficient (Wildman–Crippen LogP) is 4.16. The molecule has 0 aliphatic carbocycles. The van der Waals surface area contributed by atoms with Gasteiger partial charge < -0.3 is 0 Å². The summed E-state index contributed by atoms with van der Waals surface area (Å²) < 4.78 is 27.5. The molecule has 0 bridgehead atoms. The zero-order valence-corrected chi connectivity index (χ0v) is 15.7. The molecule has 2 heterocycles. The lowest BCUT2D eigenvalue weighted by molar-refractivity contribution is 0.588. The summed E-state index contributed by atoms with van der Waals surface area (Å²) in [6.07, 6.45) is 5.73. The van der Waals surface area contributed by atoms with Gasteiger partial charge in [0.05, 0.1) is 10.6 Å². The molecule has 5 nitrogen and oxygen atoms in total. The Bertz CT molecular complexity index is 953. The van der Waals surface area contributed by atoms with E-state index in [-0.39, 0.29) is 4.90 Å². The van der Waals surface area contributed by atoms with Gasteiger partial charge in [-0.1, -0.05) is 38.0 Å². The number of rotatable bonds is 6. The Balaban J connectivity index is 2.04. The van der Waals surface area contributed by atoms with Crippen molar-refractivity contribution in [1.29, 1.82) is 0 Å². The normalized spacial score (nSPS) is 11.9. The monoisotopic (exact) mass is 407 g/mol. The molecular weight excluding hydrogens is 390 g/mol. The summed E-state index contributed by atoms with van der Waals surface area (Å²) in [7, 11) is -3.69. The maximum Gasteiger partial charge on any atom is 0.269 e. The maximum absolute atomic E-state index is 12.8. The maximum atomic E-state index is 12.8. The Morgan fingerprint density at radius 2 is 1.88 bits per heavy atom. The fraction of sp³-hybridized carbons (Fsp3) is 0.294. The van der Waals surface area contributed by atoms with Crippen molar-refractivity contribution in [2.24, 2.45) is 0 Å². The summed E-state index contributed by atoms with van der Waals surface area (Å²) in [5.41, 5.74) is 1.22. The molecule has 0 fully saturated rings. The lowest BCUT2D eigenvalue weighted by Crippen LogP contribution is -2.12. The van der Waals surface area contributed by atoms with Crippen molar-refractivity contribution in [2.75, 3.05) is 0 Å². The minimum Gasteiger partial charge on any atom is -0.221 e. The van der Waals surface area contributed by atoms with Crippen LogP contribution in [0.3, 0.4) is 0 Å². The van der Waals surface area contributed by atoms with E-state index in [0.717, 1.165) is 36.8 Å². The molecule has 0 N–H and O–H groups in total. The zero-order valence-electron chi connectivity index (χ0n) is 13.3. The SMILES string of the molecule is CCCCCc1cc2c(Br)cn(S(=O)(=O)c3ccccc3)c2nn1. The second kappa shape index (κ2) is 7.03. The summed E-state index contributed by atoms with van der Waals surface area (Å²) in [6, 6.07) is 10.2. The smallest absolute Gasteiger partial charge is 0.221 e. The van der Waals surface area contributed by atoms with E-state index in [4.69, 9.17) is 0 Å². The minimum atomic E-state index is -3.69. The van der Waals surface area contributed by atoms with Gasteiger partial charge in [-0.3, -0.25) is 0 Å². The molecule has 0 aliphatic rings. The molecule has 3 rings (SSSR count). The summed E-state index contributed by atoms with van der Waals surface area (Å²) in [5, 5.41) is 9.14. The molecule has 1 aromatic carbocycles. The highest BCUT2D eigenvalue weighted by molar-refractivity contribution is 9.10. The number of fused-ring (bicyclic) bond motifs is 1. The van der Waals surface area contributed by atoms with Crippen LogP contribution in [0.2, 0.25) is 0 Å². The van der Waals surface area contributed by atoms with Gasteiger partial charge in [-0.2, -0.15) is 5.10 Å². The van der Waals surface area contributed by atoms with Gasteiger partial charge in [0.2, 0.25) is 0 Å². The molecular formula is C17H18BrN3O2S. The highest BCUT2D eigenvalue weighted by atomic mass is 79.9. The summed E-state index contributed by atoms with van der Waals surface area (Å²) in [4.78, 5) is 0.225. The lowest BCUT2D eigenvalue weighted by atomic mass is 10.1. The number of hydrogen-bond acceptors (Lipinski definition) is 4. The Morgan fingerprint density at radius 3 is 2.58 bits per heavy atom. The summed E-state index contributed by atoms with van der Waals surface area (Å²) >= 11 is 3.45. The molecule has 0 unspecified atom stereocenters. The van der Waals surface area contributed by atoms with Crippen molar-refractivity contribution < 1.29 is 8.42 Å². The van der Waals surface area contributed by atoms with Crippen molar-refractivity contribution in [1.82, 2.24) is 14.2 Å². The quantitative estimate of drug-likeness (QED) is 0.575. The van der Waals surface area contributed by atoms with Crippen molar-refractivity contribution in [2.45, 2.75) is 37.5 Å². The first-order valence-electron chi connectivity index (χ1n) is 7.88. The van der Waals surface area contributed by atoms with Gasteiger partial charge in [0.25, 0.3) is 10.0 Å². The van der Waals surface area contributed by atoms with Crippen molar-refractivity contribution in [3.8, 4) is 0 Å². The first-order chi connectivity index (χ1) is 11.5. The van der Waals surface area contributed by atoms with Crippen LogP contribution in [-0.2, 0) is 16.4 Å². The van der Waals surface area contributed by atoms with E-state index in [2.05, 4.69) is 33.1 Å². The van der Waals surface area contributed by atoms with E-state index in [9.17, 15) is 8.42 Å². The molecule has 126 valence electrons. The molecule has 3 aromatic rings. The Kier molecular flexibility index (Phi) is 5.01. The Labute approximate surface area is 149 Å². The van der Waals surface area contributed by atoms with E-state index in [1.807, 2.05) is 6.07 Å². The van der Waals surface area contributed by atoms with Crippen LogP contribution in [0.5, 0.6) is 0 Å². The van der Waals surface area contributed by atoms with E-state index in [0.29, 0.717) is 10.1 Å². The number of nitrogens with zero attached hydrogens (tertiary/aromatic N) is 3. The Morgan fingerprint density at radius 1 is 1.12 bits per heavy atom. The molecule has 2 aromatic heterocycles. The number of hydrogen-bond donors (Lipinski definition) is 0. The standard InChI is InChI=1S/C17H18BrN3O2S/c1-2-3-5-8-13-11-15-16(18)12-21(17(15)20-19-13)24(22,23)14-9-6-4-7-10-14/h4,6-7,9-12H,2-3,5,8H2,1H3. The molecule has 0 spiro atoms. The fourth-order valence-corrected chi connectivity index (χ4v) is 4.53. The van der Waals surface area contributed by atoms with E-state index in [1.165, 1.54) is 10.2 Å². The average molecular weight is 408 g/mol. The average Bonchev–Trinajstić information content (AvgIpc) is 2.93. The molecule has 0 saturated carbocycles. The first kappa shape index (κ1) is 17.1. The van der Waals surface area contributed by atoms with Gasteiger partial charge in [0, 0.05) is 16.1 Å². The highest BCUT2D eigenvalue weighted by Gasteiger charge is 2.22. The third-order valence-electron chi connectivity index (χ3n) is 3.86. The number of aromatic nitrogens is 3. The van der Waals surface area contributed by atoms with Crippen LogP contribution >= 0.6 is 15.9 Å². The van der Waals surface area contributed by atoms with Crippen molar-refractivity contribution >= 4 is 37.0 Å². The summed E-state index contributed by atoms with van der Waals surface area (Å²) in [5.74, 6) is 0. The molecule has 24 heavy (non-hydrogen) atoms. The van der Waals surface area contributed by atoms with Crippen LogP contribution in [-0.4, -0.2) is 22.6 Å². The minimum absolute atomic E-state index is 0.225. The molecule has 0 amide bonds. The molecule has 0 atom stereocenters. The van der Waals surface area contributed by atoms with Gasteiger partial charge in [0.1, 0.15) is 0 Å². The predicted molar refractivity (Wildman–Crippen MR) is 97.5 cm³/mol. The topological polar surface area (TPSA) is 64.8 Å². The van der Waals surface area contributed by atoms with E-state index < -0.39 is 10.0 Å². The lowest BCUT2D eigenvalue weighted by Gasteiger charge is -2.06. The third-order valence-corrected chi connectivity index (χ3v) is 6.15. The van der Waals surface area contributed by atoms with Crippen molar-refractivity contribution in [3.05, 3.63) is 52.8 Å². The van der Waals surface area contributed by atoms with Gasteiger partial charge in [0.15, 0.2) is 5.65 Å². The first-order valence-corrected chi connectivity index (χ1v) is 10.1. The van der Waals surface area contributed by atoms with Gasteiger partial charge in [-0.15, -0.1) is 5.10 Å². The van der Waals surface area contributed by atoms with E-state index >= 15 is 0 Å². The molecule has 7 heteroatoms. The van der Waals surface area contributed by atoms with Gasteiger partial charge in [-0.25, -0.2) is 12.4 Å². The largest absolute Gasteiger partial charge is 0.269 e. The number of unbranched alkanes of at least 4 members (excludes halogenated alkanes) is 2. The van der Waals surface area contributed by atoms with Crippen LogP contribution in [0.1, 0.15) is 31.9 Å². The third kappa shape index (κ3) is 3.23. The second-order valence-corrected chi connectivity index (χ2v) is 8.29. The summed E-state index contributed by atoms with van der Waals surface area (Å²) in [6.45, 7) is 2.15. The fourth-order valence-electron chi connectivity index (χ4n) is 2.57. The van der Waals surface area contributed by atoms with Crippen LogP contribution in [0.4, 0.5) is 0 Å². The zero-order chi connectivity index (χ0) is 17.2.